The minimum atomic E-state index is -1.47. The zero-order chi connectivity index (χ0) is 59.1. The molecule has 0 spiro atoms. The van der Waals surface area contributed by atoms with Crippen molar-refractivity contribution in [3.05, 3.63) is 150 Å². The number of phenols is 1. The van der Waals surface area contributed by atoms with E-state index in [-0.39, 0.29) is 56.6 Å². The number of aliphatic carboxylic acids is 1. The average Bonchev–Trinajstić information content (AvgIpc) is 3.96. The van der Waals surface area contributed by atoms with Crippen LogP contribution in [0.5, 0.6) is 5.75 Å². The van der Waals surface area contributed by atoms with Gasteiger partial charge in [-0.2, -0.15) is 0 Å². The number of rotatable bonds is 17. The van der Waals surface area contributed by atoms with Gasteiger partial charge >= 0.3 is 5.97 Å². The lowest BCUT2D eigenvalue weighted by molar-refractivity contribution is -0.143. The number of fused-ring (bicyclic) bond motifs is 2. The molecule has 14 N–H and O–H groups in total. The van der Waals surface area contributed by atoms with Gasteiger partial charge in [0.25, 0.3) is 0 Å². The smallest absolute Gasteiger partial charge is 0.326 e. The van der Waals surface area contributed by atoms with Crippen LogP contribution in [-0.2, 0) is 64.0 Å². The number of hydrogen-bond acceptors (Lipinski definition) is 13. The van der Waals surface area contributed by atoms with E-state index in [4.69, 9.17) is 11.5 Å². The summed E-state index contributed by atoms with van der Waals surface area (Å²) in [5.74, 6) is -7.79. The van der Waals surface area contributed by atoms with Gasteiger partial charge in [-0.05, 0) is 96.8 Å². The Hall–Kier alpha value is -7.92. The largest absolute Gasteiger partial charge is 0.508 e. The summed E-state index contributed by atoms with van der Waals surface area (Å²) in [6, 6.07) is 24.5. The van der Waals surface area contributed by atoms with Crippen LogP contribution < -0.4 is 48.7 Å². The maximum Gasteiger partial charge on any atom is 0.326 e. The van der Waals surface area contributed by atoms with Gasteiger partial charge < -0.3 is 63.9 Å². The number of benzene rings is 5. The molecule has 7 amide bonds. The number of H-pyrrole nitrogens is 1. The second-order valence-corrected chi connectivity index (χ2v) is 24.3. The zero-order valence-corrected chi connectivity index (χ0v) is 47.7. The molecule has 0 unspecified atom stereocenters. The molecule has 0 bridgehead atoms. The first kappa shape index (κ1) is 61.7. The molecule has 1 aliphatic rings. The minimum Gasteiger partial charge on any atom is -0.508 e. The van der Waals surface area contributed by atoms with Crippen molar-refractivity contribution in [3.63, 3.8) is 0 Å². The lowest BCUT2D eigenvalue weighted by Gasteiger charge is -2.35. The summed E-state index contributed by atoms with van der Waals surface area (Å²) in [6.45, 7) is 6.66. The third-order valence-electron chi connectivity index (χ3n) is 14.3. The molecule has 7 rings (SSSR count). The molecular weight excluding hydrogens is 1080 g/mol. The fourth-order valence-corrected chi connectivity index (χ4v) is 12.5. The van der Waals surface area contributed by atoms with Crippen LogP contribution in [0.4, 0.5) is 0 Å². The highest BCUT2D eigenvalue weighted by atomic mass is 33.1. The zero-order valence-electron chi connectivity index (χ0n) is 46.1. The third kappa shape index (κ3) is 16.6. The van der Waals surface area contributed by atoms with E-state index in [0.29, 0.717) is 16.7 Å². The monoisotopic (exact) mass is 1160 g/mol. The molecule has 8 atom stereocenters. The normalized spacial score (nSPS) is 21.2. The summed E-state index contributed by atoms with van der Waals surface area (Å²) >= 11 is 0. The molecule has 6 aromatic rings. The van der Waals surface area contributed by atoms with Crippen molar-refractivity contribution in [1.82, 2.24) is 42.2 Å². The molecule has 1 fully saturated rings. The summed E-state index contributed by atoms with van der Waals surface area (Å²) in [4.78, 5) is 119. The summed E-state index contributed by atoms with van der Waals surface area (Å²) in [7, 11) is 2.10. The number of nitrogens with one attached hydrogen (secondary N) is 8. The SMILES string of the molecule is CC(C)[C@H](NC(=O)[C@@H]1CSSC(C)(C)[C@H](NC(=O)[C@@H](N)Cc2cccc3ccccc23)C(=O)N[C@@H](Cc2ccccc2)C(=O)N[C@H](Cc2c[nH]c3ccccc23)C(=O)N[C@@H](CCCN)C(=O)N[C@@H](Cc2ccc(O)cc2)C(=O)N1)C(=O)O. The van der Waals surface area contributed by atoms with E-state index in [1.54, 1.807) is 76.4 Å². The van der Waals surface area contributed by atoms with Gasteiger partial charge in [-0.3, -0.25) is 33.6 Å². The Balaban J connectivity index is 1.32. The molecule has 1 aromatic heterocycles. The predicted molar refractivity (Wildman–Crippen MR) is 318 cm³/mol. The molecule has 20 nitrogen and oxygen atoms in total. The topological polar surface area (TPSA) is 329 Å². The molecule has 0 aliphatic carbocycles. The van der Waals surface area contributed by atoms with Gasteiger partial charge in [0.05, 0.1) is 6.04 Å². The van der Waals surface area contributed by atoms with Crippen LogP contribution in [-0.4, -0.2) is 128 Å². The number of carbonyl (C=O) groups is 8. The van der Waals surface area contributed by atoms with E-state index in [2.05, 4.69) is 42.2 Å². The van der Waals surface area contributed by atoms with Crippen molar-refractivity contribution in [1.29, 1.82) is 0 Å². The summed E-state index contributed by atoms with van der Waals surface area (Å²) < 4.78 is -1.32. The molecule has 1 aliphatic heterocycles. The quantitative estimate of drug-likeness (QED) is 0.0580. The van der Waals surface area contributed by atoms with Crippen molar-refractivity contribution < 1.29 is 48.6 Å². The fourth-order valence-electron chi connectivity index (χ4n) is 9.66. The molecule has 82 heavy (non-hydrogen) atoms. The first-order valence-electron chi connectivity index (χ1n) is 27.2. The number of hydrogen-bond donors (Lipinski definition) is 12. The Kier molecular flexibility index (Phi) is 21.6. The van der Waals surface area contributed by atoms with E-state index in [1.807, 2.05) is 66.7 Å². The highest BCUT2D eigenvalue weighted by Gasteiger charge is 2.42. The van der Waals surface area contributed by atoms with Crippen molar-refractivity contribution in [2.24, 2.45) is 17.4 Å². The second kappa shape index (κ2) is 28.7. The summed E-state index contributed by atoms with van der Waals surface area (Å²) in [6.07, 6.45) is 1.68. The maximum absolute atomic E-state index is 15.2. The summed E-state index contributed by atoms with van der Waals surface area (Å²) in [5.41, 5.74) is 16.0. The van der Waals surface area contributed by atoms with Crippen LogP contribution in [0.15, 0.2) is 128 Å². The molecule has 0 radical (unpaired) electrons. The third-order valence-corrected chi connectivity index (χ3v) is 17.6. The van der Waals surface area contributed by atoms with E-state index < -0.39 is 106 Å². The minimum absolute atomic E-state index is 0.0127. The Morgan fingerprint density at radius 1 is 0.671 bits per heavy atom. The van der Waals surface area contributed by atoms with Crippen LogP contribution in [0.25, 0.3) is 21.7 Å². The van der Waals surface area contributed by atoms with E-state index >= 15 is 9.59 Å². The highest BCUT2D eigenvalue weighted by Crippen LogP contribution is 2.39. The number of carboxylic acids is 1. The van der Waals surface area contributed by atoms with Crippen LogP contribution in [0.3, 0.4) is 0 Å². The van der Waals surface area contributed by atoms with Crippen LogP contribution in [0.1, 0.15) is 62.8 Å². The van der Waals surface area contributed by atoms with Gasteiger partial charge in [0.2, 0.25) is 41.4 Å². The van der Waals surface area contributed by atoms with Gasteiger partial charge in [0, 0.05) is 46.9 Å². The number of nitrogens with two attached hydrogens (primary N) is 2. The Morgan fingerprint density at radius 2 is 1.23 bits per heavy atom. The first-order chi connectivity index (χ1) is 39.2. The molecule has 434 valence electrons. The van der Waals surface area contributed by atoms with Crippen molar-refractivity contribution in [2.75, 3.05) is 12.3 Å². The van der Waals surface area contributed by atoms with E-state index in [1.165, 1.54) is 12.1 Å². The van der Waals surface area contributed by atoms with Gasteiger partial charge in [-0.1, -0.05) is 139 Å². The Labute approximate surface area is 483 Å². The molecular formula is C60H72N10O10S2. The lowest BCUT2D eigenvalue weighted by atomic mass is 9.97. The number of aromatic hydroxyl groups is 1. The lowest BCUT2D eigenvalue weighted by Crippen LogP contribution is -2.63. The second-order valence-electron chi connectivity index (χ2n) is 21.3. The number of carboxylic acid groups (broad SMARTS) is 1. The molecule has 1 saturated heterocycles. The first-order valence-corrected chi connectivity index (χ1v) is 29.5. The maximum atomic E-state index is 15.2. The number of para-hydroxylation sites is 1. The van der Waals surface area contributed by atoms with Gasteiger partial charge in [0.1, 0.15) is 48.0 Å². The van der Waals surface area contributed by atoms with Crippen LogP contribution in [0.2, 0.25) is 0 Å². The van der Waals surface area contributed by atoms with Crippen LogP contribution in [0, 0.1) is 5.92 Å². The number of amides is 7. The summed E-state index contributed by atoms with van der Waals surface area (Å²) in [5, 5.41) is 42.4. The van der Waals surface area contributed by atoms with Crippen molar-refractivity contribution in [3.8, 4) is 5.75 Å². The Morgan fingerprint density at radius 3 is 1.89 bits per heavy atom. The average molecular weight is 1160 g/mol. The van der Waals surface area contributed by atoms with Crippen LogP contribution >= 0.6 is 21.6 Å². The standard InChI is InChI=1S/C60H72N10O10S2/c1-34(2)50(59(79)80)69-57(77)49-33-81-82-60(3,4)51(70-52(72)43(62)30-38-18-12-17-37-16-8-9-19-41(37)38)58(78)67-47(28-35-14-6-5-7-15-35)54(74)66-48(31-39-32-63-44-21-11-10-20-42(39)44)56(76)64-45(22-13-27-61)53(73)65-46(55(75)68-49)29-36-23-25-40(71)26-24-36/h5-12,14-21,23-26,32,34,43,45-51,63,71H,13,22,27-31,33,61-62H2,1-4H3,(H,64,76)(H,65,73)(H,66,74)(H,67,78)(H,68,75)(H,69,77)(H,70,72)(H,79,80)/t43-,45-,46-,47-,48+,49-,50-,51+/m0/s1. The molecule has 0 saturated carbocycles. The predicted octanol–water partition coefficient (Wildman–Crippen LogP) is 3.67. The fraction of sp³-hybridized carbons (Fsp3) is 0.367. The number of phenolic OH excluding ortho intramolecular Hbond substituents is 1. The van der Waals surface area contributed by atoms with E-state index in [9.17, 15) is 39.0 Å². The van der Waals surface area contributed by atoms with Gasteiger partial charge in [-0.15, -0.1) is 0 Å². The Bertz CT molecular complexity index is 3230. The highest BCUT2D eigenvalue weighted by molar-refractivity contribution is 8.77. The molecule has 5 aromatic carbocycles. The number of aromatic nitrogens is 1. The van der Waals surface area contributed by atoms with E-state index in [0.717, 1.165) is 48.8 Å². The number of carbonyl (C=O) groups excluding carboxylic acids is 7. The van der Waals surface area contributed by atoms with Gasteiger partial charge in [-0.25, -0.2) is 4.79 Å². The number of aromatic amines is 1. The molecule has 22 heteroatoms. The van der Waals surface area contributed by atoms with Gasteiger partial charge in [0.15, 0.2) is 0 Å². The van der Waals surface area contributed by atoms with Crippen molar-refractivity contribution >= 4 is 90.6 Å². The van der Waals surface area contributed by atoms with Crippen molar-refractivity contribution in [2.45, 2.75) is 119 Å². The molecule has 2 heterocycles.